The van der Waals surface area contributed by atoms with Crippen LogP contribution in [0.4, 0.5) is 14.9 Å². The van der Waals surface area contributed by atoms with Gasteiger partial charge in [0.2, 0.25) is 0 Å². The van der Waals surface area contributed by atoms with Gasteiger partial charge >= 0.3 is 6.03 Å². The van der Waals surface area contributed by atoms with Gasteiger partial charge in [0.25, 0.3) is 0 Å². The first kappa shape index (κ1) is 14.1. The standard InChI is InChI=1S/C16H17FN2O/c1-2-19(15-9-4-3-5-10-15)16(20)18-12-13-7-6-8-14(17)11-13/h3-11H,2,12H2,1H3,(H,18,20). The average molecular weight is 272 g/mol. The number of amides is 2. The molecule has 0 aliphatic carbocycles. The molecule has 2 aromatic carbocycles. The van der Waals surface area contributed by atoms with Gasteiger partial charge in [0.05, 0.1) is 0 Å². The zero-order chi connectivity index (χ0) is 14.4. The first-order valence-corrected chi connectivity index (χ1v) is 6.55. The van der Waals surface area contributed by atoms with E-state index in [-0.39, 0.29) is 11.8 Å². The summed E-state index contributed by atoms with van der Waals surface area (Å²) in [5, 5.41) is 2.80. The Bertz CT molecular complexity index is 572. The molecule has 0 aliphatic heterocycles. The number of nitrogens with one attached hydrogen (secondary N) is 1. The van der Waals surface area contributed by atoms with Gasteiger partial charge < -0.3 is 5.32 Å². The Hall–Kier alpha value is -2.36. The molecule has 0 saturated carbocycles. The minimum atomic E-state index is -0.299. The second-order valence-corrected chi connectivity index (χ2v) is 4.37. The largest absolute Gasteiger partial charge is 0.334 e. The number of carbonyl (C=O) groups excluding carboxylic acids is 1. The van der Waals surface area contributed by atoms with Gasteiger partial charge in [-0.15, -0.1) is 0 Å². The van der Waals surface area contributed by atoms with E-state index in [1.807, 2.05) is 37.3 Å². The zero-order valence-corrected chi connectivity index (χ0v) is 11.3. The van der Waals surface area contributed by atoms with Gasteiger partial charge in [-0.2, -0.15) is 0 Å². The minimum absolute atomic E-state index is 0.192. The number of benzene rings is 2. The molecule has 0 aromatic heterocycles. The number of para-hydroxylation sites is 1. The van der Waals surface area contributed by atoms with Gasteiger partial charge in [-0.25, -0.2) is 9.18 Å². The predicted octanol–water partition coefficient (Wildman–Crippen LogP) is 3.56. The van der Waals surface area contributed by atoms with Crippen molar-refractivity contribution < 1.29 is 9.18 Å². The highest BCUT2D eigenvalue weighted by atomic mass is 19.1. The molecule has 0 spiro atoms. The molecule has 0 saturated heterocycles. The van der Waals surface area contributed by atoms with Crippen molar-refractivity contribution in [2.24, 2.45) is 0 Å². The lowest BCUT2D eigenvalue weighted by molar-refractivity contribution is 0.246. The minimum Gasteiger partial charge on any atom is -0.334 e. The van der Waals surface area contributed by atoms with Crippen LogP contribution in [0.25, 0.3) is 0 Å². The van der Waals surface area contributed by atoms with Crippen LogP contribution in [-0.2, 0) is 6.54 Å². The lowest BCUT2D eigenvalue weighted by atomic mass is 10.2. The number of anilines is 1. The maximum atomic E-state index is 13.1. The second kappa shape index (κ2) is 6.70. The highest BCUT2D eigenvalue weighted by molar-refractivity contribution is 5.91. The van der Waals surface area contributed by atoms with Crippen LogP contribution in [-0.4, -0.2) is 12.6 Å². The summed E-state index contributed by atoms with van der Waals surface area (Å²) < 4.78 is 13.1. The summed E-state index contributed by atoms with van der Waals surface area (Å²) in [6.45, 7) is 2.79. The van der Waals surface area contributed by atoms with Crippen LogP contribution in [0.15, 0.2) is 54.6 Å². The predicted molar refractivity (Wildman–Crippen MR) is 78.1 cm³/mol. The molecule has 104 valence electrons. The van der Waals surface area contributed by atoms with E-state index in [0.29, 0.717) is 13.1 Å². The van der Waals surface area contributed by atoms with Crippen molar-refractivity contribution in [3.8, 4) is 0 Å². The highest BCUT2D eigenvalue weighted by Crippen LogP contribution is 2.13. The molecule has 0 bridgehead atoms. The molecule has 0 radical (unpaired) electrons. The van der Waals surface area contributed by atoms with E-state index in [4.69, 9.17) is 0 Å². The molecule has 0 fully saturated rings. The summed E-state index contributed by atoms with van der Waals surface area (Å²) in [5.74, 6) is -0.299. The van der Waals surface area contributed by atoms with Crippen LogP contribution in [0.5, 0.6) is 0 Å². The van der Waals surface area contributed by atoms with Gasteiger partial charge in [-0.1, -0.05) is 30.3 Å². The summed E-state index contributed by atoms with van der Waals surface area (Å²) in [6, 6.07) is 15.5. The van der Waals surface area contributed by atoms with Crippen LogP contribution >= 0.6 is 0 Å². The number of rotatable bonds is 4. The summed E-state index contributed by atoms with van der Waals surface area (Å²) in [4.78, 5) is 13.8. The fourth-order valence-corrected chi connectivity index (χ4v) is 1.97. The van der Waals surface area contributed by atoms with Crippen molar-refractivity contribution in [1.29, 1.82) is 0 Å². The zero-order valence-electron chi connectivity index (χ0n) is 11.3. The van der Waals surface area contributed by atoms with Crippen molar-refractivity contribution in [1.82, 2.24) is 5.32 Å². The quantitative estimate of drug-likeness (QED) is 0.906. The third kappa shape index (κ3) is 3.57. The number of urea groups is 1. The molecule has 1 N–H and O–H groups in total. The lowest BCUT2D eigenvalue weighted by Crippen LogP contribution is -2.39. The Balaban J connectivity index is 2.00. The van der Waals surface area contributed by atoms with Crippen LogP contribution in [0, 0.1) is 5.82 Å². The molecule has 0 atom stereocenters. The van der Waals surface area contributed by atoms with Crippen molar-refractivity contribution >= 4 is 11.7 Å². The van der Waals surface area contributed by atoms with Gasteiger partial charge in [-0.05, 0) is 36.8 Å². The van der Waals surface area contributed by atoms with E-state index in [0.717, 1.165) is 11.3 Å². The Kier molecular flexibility index (Phi) is 4.71. The Morgan fingerprint density at radius 2 is 1.90 bits per heavy atom. The van der Waals surface area contributed by atoms with Gasteiger partial charge in [0.1, 0.15) is 5.82 Å². The first-order valence-electron chi connectivity index (χ1n) is 6.55. The molecule has 2 rings (SSSR count). The van der Waals surface area contributed by atoms with Gasteiger partial charge in [-0.3, -0.25) is 4.90 Å². The van der Waals surface area contributed by atoms with Gasteiger partial charge in [0, 0.05) is 18.8 Å². The fourth-order valence-electron chi connectivity index (χ4n) is 1.97. The molecule has 2 aromatic rings. The SMILES string of the molecule is CCN(C(=O)NCc1cccc(F)c1)c1ccccc1. The van der Waals surface area contributed by atoms with Crippen molar-refractivity contribution in [3.63, 3.8) is 0 Å². The topological polar surface area (TPSA) is 32.3 Å². The van der Waals surface area contributed by atoms with Crippen molar-refractivity contribution in [2.75, 3.05) is 11.4 Å². The molecule has 2 amide bonds. The molecular formula is C16H17FN2O. The van der Waals surface area contributed by atoms with E-state index in [2.05, 4.69) is 5.32 Å². The maximum absolute atomic E-state index is 13.1. The average Bonchev–Trinajstić information content (AvgIpc) is 2.47. The number of hydrogen-bond donors (Lipinski definition) is 1. The number of hydrogen-bond acceptors (Lipinski definition) is 1. The second-order valence-electron chi connectivity index (χ2n) is 4.37. The first-order chi connectivity index (χ1) is 9.70. The van der Waals surface area contributed by atoms with Crippen molar-refractivity contribution in [2.45, 2.75) is 13.5 Å². The summed E-state index contributed by atoms with van der Waals surface area (Å²) >= 11 is 0. The Morgan fingerprint density at radius 3 is 2.55 bits per heavy atom. The third-order valence-electron chi connectivity index (χ3n) is 2.96. The van der Waals surface area contributed by atoms with Crippen LogP contribution in [0.3, 0.4) is 0 Å². The van der Waals surface area contributed by atoms with Crippen LogP contribution in [0.2, 0.25) is 0 Å². The molecule has 20 heavy (non-hydrogen) atoms. The monoisotopic (exact) mass is 272 g/mol. The van der Waals surface area contributed by atoms with Crippen LogP contribution < -0.4 is 10.2 Å². The highest BCUT2D eigenvalue weighted by Gasteiger charge is 2.12. The number of carbonyl (C=O) groups is 1. The fraction of sp³-hybridized carbons (Fsp3) is 0.188. The molecular weight excluding hydrogens is 255 g/mol. The molecule has 0 heterocycles. The lowest BCUT2D eigenvalue weighted by Gasteiger charge is -2.21. The van der Waals surface area contributed by atoms with E-state index in [1.54, 1.807) is 17.0 Å². The number of nitrogens with zero attached hydrogens (tertiary/aromatic N) is 1. The normalized spacial score (nSPS) is 10.1. The number of halogens is 1. The Labute approximate surface area is 118 Å². The third-order valence-corrected chi connectivity index (χ3v) is 2.96. The molecule has 3 nitrogen and oxygen atoms in total. The van der Waals surface area contributed by atoms with E-state index < -0.39 is 0 Å². The van der Waals surface area contributed by atoms with E-state index >= 15 is 0 Å². The van der Waals surface area contributed by atoms with Crippen molar-refractivity contribution in [3.05, 3.63) is 66.0 Å². The van der Waals surface area contributed by atoms with E-state index in [9.17, 15) is 9.18 Å². The van der Waals surface area contributed by atoms with E-state index in [1.165, 1.54) is 12.1 Å². The molecule has 0 aliphatic rings. The summed E-state index contributed by atoms with van der Waals surface area (Å²) in [5.41, 5.74) is 1.58. The summed E-state index contributed by atoms with van der Waals surface area (Å²) in [6.07, 6.45) is 0. The maximum Gasteiger partial charge on any atom is 0.322 e. The smallest absolute Gasteiger partial charge is 0.322 e. The molecule has 0 unspecified atom stereocenters. The molecule has 4 heteroatoms. The Morgan fingerprint density at radius 1 is 1.15 bits per heavy atom. The van der Waals surface area contributed by atoms with Crippen LogP contribution in [0.1, 0.15) is 12.5 Å². The van der Waals surface area contributed by atoms with Gasteiger partial charge in [0.15, 0.2) is 0 Å². The summed E-state index contributed by atoms with van der Waals surface area (Å²) in [7, 11) is 0.